The average Bonchev–Trinajstić information content (AvgIpc) is 2.90. The minimum Gasteiger partial charge on any atom is -0.487 e. The lowest BCUT2D eigenvalue weighted by Crippen LogP contribution is -1.96. The zero-order chi connectivity index (χ0) is 13.8. The van der Waals surface area contributed by atoms with Gasteiger partial charge in [-0.25, -0.2) is 4.98 Å². The van der Waals surface area contributed by atoms with E-state index in [9.17, 15) is 0 Å². The molecule has 3 aromatic rings. The molecular formula is C16H16N2O2. The Balaban J connectivity index is 1.66. The molecule has 0 saturated carbocycles. The summed E-state index contributed by atoms with van der Waals surface area (Å²) in [5.41, 5.74) is 2.92. The van der Waals surface area contributed by atoms with Crippen LogP contribution in [0.2, 0.25) is 0 Å². The number of rotatable bonds is 5. The SMILES string of the molecule is OCCc1ccc(OCc2cn3ccccc3n2)cc1. The highest BCUT2D eigenvalue weighted by atomic mass is 16.5. The number of aliphatic hydroxyl groups excluding tert-OH is 1. The smallest absolute Gasteiger partial charge is 0.137 e. The third kappa shape index (κ3) is 2.81. The zero-order valence-corrected chi connectivity index (χ0v) is 11.1. The summed E-state index contributed by atoms with van der Waals surface area (Å²) in [5, 5.41) is 8.87. The number of pyridine rings is 1. The minimum atomic E-state index is 0.168. The van der Waals surface area contributed by atoms with Crippen molar-refractivity contribution in [1.29, 1.82) is 0 Å². The molecule has 3 rings (SSSR count). The Bertz CT molecular complexity index is 656. The molecule has 1 aromatic carbocycles. The molecule has 4 nitrogen and oxygen atoms in total. The molecule has 0 bridgehead atoms. The van der Waals surface area contributed by atoms with Crippen molar-refractivity contribution in [3.05, 3.63) is 66.1 Å². The van der Waals surface area contributed by atoms with Gasteiger partial charge in [0.2, 0.25) is 0 Å². The van der Waals surface area contributed by atoms with Crippen LogP contribution in [-0.2, 0) is 13.0 Å². The Labute approximate surface area is 117 Å². The molecule has 0 unspecified atom stereocenters. The topological polar surface area (TPSA) is 46.8 Å². The number of hydrogen-bond donors (Lipinski definition) is 1. The van der Waals surface area contributed by atoms with Gasteiger partial charge in [0.15, 0.2) is 0 Å². The molecule has 0 aliphatic rings. The van der Waals surface area contributed by atoms with E-state index in [1.54, 1.807) is 0 Å². The van der Waals surface area contributed by atoms with E-state index in [0.717, 1.165) is 22.7 Å². The van der Waals surface area contributed by atoms with Gasteiger partial charge in [0, 0.05) is 19.0 Å². The van der Waals surface area contributed by atoms with Gasteiger partial charge in [-0.15, -0.1) is 0 Å². The van der Waals surface area contributed by atoms with Crippen molar-refractivity contribution in [2.24, 2.45) is 0 Å². The lowest BCUT2D eigenvalue weighted by molar-refractivity contribution is 0.297. The third-order valence-electron chi connectivity index (χ3n) is 3.12. The monoisotopic (exact) mass is 268 g/mol. The number of benzene rings is 1. The van der Waals surface area contributed by atoms with Gasteiger partial charge in [-0.3, -0.25) is 0 Å². The van der Waals surface area contributed by atoms with E-state index in [0.29, 0.717) is 13.0 Å². The second-order valence-corrected chi connectivity index (χ2v) is 4.60. The Hall–Kier alpha value is -2.33. The maximum atomic E-state index is 8.87. The molecule has 0 amide bonds. The molecule has 0 aliphatic heterocycles. The molecule has 0 atom stereocenters. The summed E-state index contributed by atoms with van der Waals surface area (Å²) < 4.78 is 7.69. The predicted octanol–water partition coefficient (Wildman–Crippen LogP) is 2.45. The molecule has 20 heavy (non-hydrogen) atoms. The molecule has 0 aliphatic carbocycles. The first-order chi connectivity index (χ1) is 9.85. The minimum absolute atomic E-state index is 0.168. The van der Waals surface area contributed by atoms with E-state index in [1.165, 1.54) is 0 Å². The van der Waals surface area contributed by atoms with Crippen LogP contribution < -0.4 is 4.74 Å². The summed E-state index contributed by atoms with van der Waals surface area (Å²) in [5.74, 6) is 0.809. The Morgan fingerprint density at radius 3 is 2.70 bits per heavy atom. The average molecular weight is 268 g/mol. The van der Waals surface area contributed by atoms with E-state index in [1.807, 2.05) is 59.3 Å². The lowest BCUT2D eigenvalue weighted by Gasteiger charge is -2.05. The van der Waals surface area contributed by atoms with Crippen molar-refractivity contribution in [1.82, 2.24) is 9.38 Å². The molecule has 1 N–H and O–H groups in total. The van der Waals surface area contributed by atoms with E-state index >= 15 is 0 Å². The summed E-state index contributed by atoms with van der Waals surface area (Å²) in [6.45, 7) is 0.614. The summed E-state index contributed by atoms with van der Waals surface area (Å²) in [6.07, 6.45) is 4.61. The van der Waals surface area contributed by atoms with Crippen LogP contribution in [0.1, 0.15) is 11.3 Å². The van der Waals surface area contributed by atoms with E-state index in [2.05, 4.69) is 4.98 Å². The standard InChI is InChI=1S/C16H16N2O2/c19-10-8-13-4-6-15(7-5-13)20-12-14-11-18-9-2-1-3-16(18)17-14/h1-7,9,11,19H,8,10,12H2. The highest BCUT2D eigenvalue weighted by Crippen LogP contribution is 2.14. The molecule has 102 valence electrons. The van der Waals surface area contributed by atoms with Crippen LogP contribution in [0, 0.1) is 0 Å². The van der Waals surface area contributed by atoms with Crippen molar-refractivity contribution in [2.75, 3.05) is 6.61 Å². The van der Waals surface area contributed by atoms with Crippen LogP contribution >= 0.6 is 0 Å². The number of nitrogens with zero attached hydrogens (tertiary/aromatic N) is 2. The van der Waals surface area contributed by atoms with Crippen LogP contribution in [0.3, 0.4) is 0 Å². The van der Waals surface area contributed by atoms with Crippen LogP contribution in [0.5, 0.6) is 5.75 Å². The number of fused-ring (bicyclic) bond motifs is 1. The Morgan fingerprint density at radius 2 is 1.95 bits per heavy atom. The van der Waals surface area contributed by atoms with Gasteiger partial charge in [-0.1, -0.05) is 18.2 Å². The largest absolute Gasteiger partial charge is 0.487 e. The fraction of sp³-hybridized carbons (Fsp3) is 0.188. The van der Waals surface area contributed by atoms with Gasteiger partial charge in [0.25, 0.3) is 0 Å². The van der Waals surface area contributed by atoms with E-state index in [-0.39, 0.29) is 6.61 Å². The van der Waals surface area contributed by atoms with Crippen LogP contribution in [0.15, 0.2) is 54.9 Å². The van der Waals surface area contributed by atoms with Crippen LogP contribution in [-0.4, -0.2) is 21.1 Å². The second-order valence-electron chi connectivity index (χ2n) is 4.60. The first-order valence-electron chi connectivity index (χ1n) is 6.60. The van der Waals surface area contributed by atoms with Crippen LogP contribution in [0.25, 0.3) is 5.65 Å². The maximum Gasteiger partial charge on any atom is 0.137 e. The number of imidazole rings is 1. The Morgan fingerprint density at radius 1 is 1.10 bits per heavy atom. The van der Waals surface area contributed by atoms with E-state index in [4.69, 9.17) is 9.84 Å². The first-order valence-corrected chi connectivity index (χ1v) is 6.60. The van der Waals surface area contributed by atoms with Crippen molar-refractivity contribution in [3.8, 4) is 5.75 Å². The van der Waals surface area contributed by atoms with E-state index < -0.39 is 0 Å². The summed E-state index contributed by atoms with van der Waals surface area (Å²) in [6, 6.07) is 13.7. The zero-order valence-electron chi connectivity index (χ0n) is 11.1. The van der Waals surface area contributed by atoms with Gasteiger partial charge < -0.3 is 14.2 Å². The molecule has 2 aromatic heterocycles. The van der Waals surface area contributed by atoms with Crippen molar-refractivity contribution >= 4 is 5.65 Å². The fourth-order valence-corrected chi connectivity index (χ4v) is 2.10. The lowest BCUT2D eigenvalue weighted by atomic mass is 10.1. The number of ether oxygens (including phenoxy) is 1. The summed E-state index contributed by atoms with van der Waals surface area (Å²) in [4.78, 5) is 4.48. The summed E-state index contributed by atoms with van der Waals surface area (Å²) >= 11 is 0. The fourth-order valence-electron chi connectivity index (χ4n) is 2.10. The van der Waals surface area contributed by atoms with Crippen LogP contribution in [0.4, 0.5) is 0 Å². The number of aromatic nitrogens is 2. The first kappa shape index (κ1) is 12.7. The van der Waals surface area contributed by atoms with Gasteiger partial charge in [0.05, 0.1) is 5.69 Å². The highest BCUT2D eigenvalue weighted by Gasteiger charge is 2.02. The molecular weight excluding hydrogens is 252 g/mol. The molecule has 4 heteroatoms. The van der Waals surface area contributed by atoms with Crippen molar-refractivity contribution in [2.45, 2.75) is 13.0 Å². The molecule has 0 saturated heterocycles. The normalized spacial score (nSPS) is 10.8. The second kappa shape index (κ2) is 5.75. The predicted molar refractivity (Wildman–Crippen MR) is 76.8 cm³/mol. The van der Waals surface area contributed by atoms with Gasteiger partial charge in [-0.2, -0.15) is 0 Å². The van der Waals surface area contributed by atoms with Crippen molar-refractivity contribution < 1.29 is 9.84 Å². The molecule has 0 spiro atoms. The number of hydrogen-bond acceptors (Lipinski definition) is 3. The third-order valence-corrected chi connectivity index (χ3v) is 3.12. The van der Waals surface area contributed by atoms with Gasteiger partial charge in [-0.05, 0) is 36.2 Å². The summed E-state index contributed by atoms with van der Waals surface area (Å²) in [7, 11) is 0. The van der Waals surface area contributed by atoms with Crippen molar-refractivity contribution in [3.63, 3.8) is 0 Å². The van der Waals surface area contributed by atoms with Gasteiger partial charge in [0.1, 0.15) is 18.0 Å². The quantitative estimate of drug-likeness (QED) is 0.773. The highest BCUT2D eigenvalue weighted by molar-refractivity contribution is 5.39. The Kier molecular flexibility index (Phi) is 3.65. The molecule has 0 radical (unpaired) electrons. The maximum absolute atomic E-state index is 8.87. The number of aliphatic hydroxyl groups is 1. The molecule has 2 heterocycles. The molecule has 0 fully saturated rings. The van der Waals surface area contributed by atoms with Gasteiger partial charge >= 0.3 is 0 Å².